The molecule has 3 aromatic rings. The summed E-state index contributed by atoms with van der Waals surface area (Å²) < 4.78 is 7.08. The van der Waals surface area contributed by atoms with Gasteiger partial charge in [-0.05, 0) is 57.2 Å². The van der Waals surface area contributed by atoms with E-state index in [2.05, 4.69) is 9.56 Å². The fourth-order valence-electron chi connectivity index (χ4n) is 3.11. The van der Waals surface area contributed by atoms with E-state index >= 15 is 0 Å². The van der Waals surface area contributed by atoms with Crippen LogP contribution in [0.3, 0.4) is 0 Å². The molecule has 1 aromatic heterocycles. The molecule has 0 aliphatic heterocycles. The van der Waals surface area contributed by atoms with E-state index < -0.39 is 4.92 Å². The Morgan fingerprint density at radius 3 is 2.55 bits per heavy atom. The summed E-state index contributed by atoms with van der Waals surface area (Å²) in [5.74, 6) is -0.343. The van der Waals surface area contributed by atoms with E-state index in [4.69, 9.17) is 4.74 Å². The van der Waals surface area contributed by atoms with Crippen LogP contribution >= 0.6 is 0 Å². The van der Waals surface area contributed by atoms with Gasteiger partial charge in [0.25, 0.3) is 5.69 Å². The smallest absolute Gasteiger partial charge is 0.338 e. The van der Waals surface area contributed by atoms with E-state index in [1.165, 1.54) is 12.1 Å². The summed E-state index contributed by atoms with van der Waals surface area (Å²) >= 11 is 0. The second-order valence-corrected chi connectivity index (χ2v) is 6.46. The SMILES string of the molecule is CCOC(=O)c1ccc(-n2c(C)cc(C=Nc3cccc([N+](=O)[O-])c3)c2C)cc1. The zero-order chi connectivity index (χ0) is 21.0. The van der Waals surface area contributed by atoms with E-state index in [0.717, 1.165) is 22.6 Å². The van der Waals surface area contributed by atoms with Crippen molar-refractivity contribution < 1.29 is 14.5 Å². The number of hydrogen-bond donors (Lipinski definition) is 0. The molecule has 0 atom stereocenters. The van der Waals surface area contributed by atoms with Crippen molar-refractivity contribution in [2.24, 2.45) is 4.99 Å². The molecule has 148 valence electrons. The molecule has 0 aliphatic rings. The number of nitro benzene ring substituents is 1. The first-order valence-corrected chi connectivity index (χ1v) is 9.15. The molecule has 0 bridgehead atoms. The Balaban J connectivity index is 1.88. The van der Waals surface area contributed by atoms with Crippen molar-refractivity contribution >= 4 is 23.6 Å². The van der Waals surface area contributed by atoms with Crippen molar-refractivity contribution in [3.8, 4) is 5.69 Å². The molecule has 7 heteroatoms. The van der Waals surface area contributed by atoms with Crippen LogP contribution in [0.25, 0.3) is 5.69 Å². The molecule has 7 nitrogen and oxygen atoms in total. The Morgan fingerprint density at radius 1 is 1.17 bits per heavy atom. The van der Waals surface area contributed by atoms with Gasteiger partial charge in [0.2, 0.25) is 0 Å². The fourth-order valence-corrected chi connectivity index (χ4v) is 3.11. The highest BCUT2D eigenvalue weighted by molar-refractivity contribution is 5.89. The Bertz CT molecular complexity index is 1080. The highest BCUT2D eigenvalue weighted by Crippen LogP contribution is 2.23. The molecule has 2 aromatic carbocycles. The summed E-state index contributed by atoms with van der Waals surface area (Å²) in [7, 11) is 0. The van der Waals surface area contributed by atoms with Crippen LogP contribution in [0, 0.1) is 24.0 Å². The summed E-state index contributed by atoms with van der Waals surface area (Å²) in [6.07, 6.45) is 1.70. The third kappa shape index (κ3) is 4.40. The lowest BCUT2D eigenvalue weighted by Gasteiger charge is -2.10. The van der Waals surface area contributed by atoms with Gasteiger partial charge in [-0.1, -0.05) is 6.07 Å². The third-order valence-electron chi connectivity index (χ3n) is 4.50. The maximum atomic E-state index is 11.8. The number of aryl methyl sites for hydroxylation is 1. The number of carbonyl (C=O) groups excluding carboxylic acids is 1. The van der Waals surface area contributed by atoms with Crippen LogP contribution in [0.5, 0.6) is 0 Å². The first kappa shape index (κ1) is 20.0. The van der Waals surface area contributed by atoms with Crippen LogP contribution in [0.15, 0.2) is 59.6 Å². The average Bonchev–Trinajstić information content (AvgIpc) is 3.00. The summed E-state index contributed by atoms with van der Waals surface area (Å²) in [4.78, 5) is 26.7. The molecule has 0 amide bonds. The van der Waals surface area contributed by atoms with Gasteiger partial charge in [-0.25, -0.2) is 4.79 Å². The van der Waals surface area contributed by atoms with Gasteiger partial charge in [-0.2, -0.15) is 0 Å². The zero-order valence-electron chi connectivity index (χ0n) is 16.5. The number of nitro groups is 1. The van der Waals surface area contributed by atoms with Gasteiger partial charge in [-0.3, -0.25) is 15.1 Å². The number of hydrogen-bond acceptors (Lipinski definition) is 5. The Morgan fingerprint density at radius 2 is 1.90 bits per heavy atom. The van der Waals surface area contributed by atoms with Crippen LogP contribution in [-0.2, 0) is 4.74 Å². The number of ether oxygens (including phenoxy) is 1. The lowest BCUT2D eigenvalue weighted by molar-refractivity contribution is -0.384. The lowest BCUT2D eigenvalue weighted by Crippen LogP contribution is -2.05. The van der Waals surface area contributed by atoms with E-state index in [-0.39, 0.29) is 11.7 Å². The predicted octanol–water partition coefficient (Wildman–Crippen LogP) is 4.93. The van der Waals surface area contributed by atoms with Gasteiger partial charge in [0, 0.05) is 41.0 Å². The Labute approximate surface area is 168 Å². The van der Waals surface area contributed by atoms with Gasteiger partial charge in [-0.15, -0.1) is 0 Å². The van der Waals surface area contributed by atoms with Crippen molar-refractivity contribution in [1.82, 2.24) is 4.57 Å². The first-order valence-electron chi connectivity index (χ1n) is 9.15. The number of benzene rings is 2. The Kier molecular flexibility index (Phi) is 5.87. The van der Waals surface area contributed by atoms with Crippen LogP contribution in [0.2, 0.25) is 0 Å². The molecule has 0 N–H and O–H groups in total. The van der Waals surface area contributed by atoms with Gasteiger partial charge >= 0.3 is 5.97 Å². The van der Waals surface area contributed by atoms with Gasteiger partial charge in [0.1, 0.15) is 0 Å². The summed E-state index contributed by atoms with van der Waals surface area (Å²) in [5, 5.41) is 10.9. The minimum atomic E-state index is -0.440. The summed E-state index contributed by atoms with van der Waals surface area (Å²) in [6.45, 7) is 6.07. The minimum Gasteiger partial charge on any atom is -0.462 e. The monoisotopic (exact) mass is 391 g/mol. The molecule has 0 aliphatic carbocycles. The quantitative estimate of drug-likeness (QED) is 0.258. The van der Waals surface area contributed by atoms with Crippen molar-refractivity contribution in [3.63, 3.8) is 0 Å². The number of esters is 1. The van der Waals surface area contributed by atoms with Crippen LogP contribution < -0.4 is 0 Å². The lowest BCUT2D eigenvalue weighted by atomic mass is 10.2. The van der Waals surface area contributed by atoms with Crippen molar-refractivity contribution in [3.05, 3.63) is 87.2 Å². The second-order valence-electron chi connectivity index (χ2n) is 6.46. The fraction of sp³-hybridized carbons (Fsp3) is 0.182. The molecular weight excluding hydrogens is 370 g/mol. The average molecular weight is 391 g/mol. The summed E-state index contributed by atoms with van der Waals surface area (Å²) in [5.41, 5.74) is 4.83. The topological polar surface area (TPSA) is 86.7 Å². The van der Waals surface area contributed by atoms with Crippen LogP contribution in [0.4, 0.5) is 11.4 Å². The number of non-ortho nitro benzene ring substituents is 1. The van der Waals surface area contributed by atoms with E-state index in [1.807, 2.05) is 32.0 Å². The number of nitrogens with zero attached hydrogens (tertiary/aromatic N) is 3. The second kappa shape index (κ2) is 8.52. The maximum absolute atomic E-state index is 11.8. The van der Waals surface area contributed by atoms with E-state index in [9.17, 15) is 14.9 Å². The highest BCUT2D eigenvalue weighted by atomic mass is 16.6. The van der Waals surface area contributed by atoms with Crippen molar-refractivity contribution in [2.45, 2.75) is 20.8 Å². The number of rotatable bonds is 6. The predicted molar refractivity (Wildman–Crippen MR) is 112 cm³/mol. The Hall–Kier alpha value is -3.74. The molecule has 0 saturated heterocycles. The molecule has 3 rings (SSSR count). The zero-order valence-corrected chi connectivity index (χ0v) is 16.5. The molecule has 29 heavy (non-hydrogen) atoms. The van der Waals surface area contributed by atoms with E-state index in [0.29, 0.717) is 17.9 Å². The number of aromatic nitrogens is 1. The molecule has 0 saturated carbocycles. The van der Waals surface area contributed by atoms with E-state index in [1.54, 1.807) is 37.4 Å². The molecule has 0 fully saturated rings. The van der Waals surface area contributed by atoms with Crippen LogP contribution in [0.1, 0.15) is 34.2 Å². The molecule has 1 heterocycles. The largest absolute Gasteiger partial charge is 0.462 e. The molecule has 0 radical (unpaired) electrons. The molecule has 0 unspecified atom stereocenters. The summed E-state index contributed by atoms with van der Waals surface area (Å²) in [6, 6.07) is 15.4. The normalized spacial score (nSPS) is 11.0. The molecular formula is C22H21N3O4. The maximum Gasteiger partial charge on any atom is 0.338 e. The van der Waals surface area contributed by atoms with Crippen LogP contribution in [-0.4, -0.2) is 28.3 Å². The highest BCUT2D eigenvalue weighted by Gasteiger charge is 2.12. The number of carbonyl (C=O) groups is 1. The molecule has 0 spiro atoms. The van der Waals surface area contributed by atoms with Crippen molar-refractivity contribution in [1.29, 1.82) is 0 Å². The van der Waals surface area contributed by atoms with Crippen molar-refractivity contribution in [2.75, 3.05) is 6.61 Å². The minimum absolute atomic E-state index is 0.00631. The standard InChI is InChI=1S/C22H21N3O4/c1-4-29-22(26)17-8-10-20(11-9-17)24-15(2)12-18(16(24)3)14-23-19-6-5-7-21(13-19)25(27)28/h5-14H,4H2,1-3H3. The first-order chi connectivity index (χ1) is 13.9. The van der Waals surface area contributed by atoms with Gasteiger partial charge < -0.3 is 9.30 Å². The van der Waals surface area contributed by atoms with Gasteiger partial charge in [0.15, 0.2) is 0 Å². The third-order valence-corrected chi connectivity index (χ3v) is 4.50. The van der Waals surface area contributed by atoms with Gasteiger partial charge in [0.05, 0.1) is 22.8 Å². The number of aliphatic imine (C=N–C) groups is 1.